The van der Waals surface area contributed by atoms with Gasteiger partial charge in [0.05, 0.1) is 32.5 Å². The maximum absolute atomic E-state index is 6.46. The highest BCUT2D eigenvalue weighted by Crippen LogP contribution is 2.36. The van der Waals surface area contributed by atoms with Gasteiger partial charge in [-0.1, -0.05) is 31.4 Å². The zero-order valence-electron chi connectivity index (χ0n) is 23.7. The number of anilines is 2. The van der Waals surface area contributed by atoms with E-state index in [0.29, 0.717) is 0 Å². The standard InChI is InChI=1S/C32H44N4O3/c1-25-26-10-8-11-28(22-26)38-19-9-15-35(2)14-6-4-3-5-7-18-39-31-24-27(36-16-20-37-21-17-36)23-30-29(31)12-13-33-32(30)34-25/h8,10-13,22-25H,3-7,9,14-21H2,1-2H3,(H,33,34)/t25-/m1/s1. The van der Waals surface area contributed by atoms with Gasteiger partial charge in [-0.3, -0.25) is 0 Å². The summed E-state index contributed by atoms with van der Waals surface area (Å²) in [5, 5.41) is 5.87. The van der Waals surface area contributed by atoms with Crippen molar-refractivity contribution in [1.29, 1.82) is 0 Å². The lowest BCUT2D eigenvalue weighted by atomic mass is 10.1. The highest BCUT2D eigenvalue weighted by atomic mass is 16.5. The monoisotopic (exact) mass is 532 g/mol. The third-order valence-electron chi connectivity index (χ3n) is 7.81. The van der Waals surface area contributed by atoms with Gasteiger partial charge in [0.2, 0.25) is 0 Å². The second kappa shape index (κ2) is 13.9. The summed E-state index contributed by atoms with van der Waals surface area (Å²) in [5.41, 5.74) is 2.34. The third kappa shape index (κ3) is 7.55. The van der Waals surface area contributed by atoms with Gasteiger partial charge in [0.1, 0.15) is 17.3 Å². The summed E-state index contributed by atoms with van der Waals surface area (Å²) in [6, 6.07) is 15.0. The van der Waals surface area contributed by atoms with Crippen molar-refractivity contribution in [2.45, 2.75) is 51.5 Å². The van der Waals surface area contributed by atoms with Gasteiger partial charge in [-0.25, -0.2) is 4.98 Å². The van der Waals surface area contributed by atoms with Crippen LogP contribution in [0.1, 0.15) is 57.1 Å². The lowest BCUT2D eigenvalue weighted by Gasteiger charge is -2.30. The number of ether oxygens (including phenoxy) is 3. The third-order valence-corrected chi connectivity index (χ3v) is 7.81. The average Bonchev–Trinajstić information content (AvgIpc) is 2.97. The molecule has 7 nitrogen and oxygen atoms in total. The molecule has 7 heteroatoms. The van der Waals surface area contributed by atoms with Crippen LogP contribution < -0.4 is 19.7 Å². The second-order valence-corrected chi connectivity index (χ2v) is 10.9. The lowest BCUT2D eigenvalue weighted by molar-refractivity contribution is 0.122. The van der Waals surface area contributed by atoms with E-state index in [0.717, 1.165) is 93.5 Å². The number of aromatic nitrogens is 1. The Kier molecular flexibility index (Phi) is 9.78. The first-order valence-electron chi connectivity index (χ1n) is 14.7. The summed E-state index contributed by atoms with van der Waals surface area (Å²) < 4.78 is 18.2. The molecule has 1 saturated heterocycles. The first-order chi connectivity index (χ1) is 19.2. The van der Waals surface area contributed by atoms with Crippen LogP contribution in [0.2, 0.25) is 0 Å². The number of benzene rings is 2. The van der Waals surface area contributed by atoms with Crippen molar-refractivity contribution < 1.29 is 14.2 Å². The summed E-state index contributed by atoms with van der Waals surface area (Å²) in [6.07, 6.45) is 8.94. The molecule has 3 aromatic rings. The molecule has 210 valence electrons. The lowest BCUT2D eigenvalue weighted by Crippen LogP contribution is -2.36. The Bertz CT molecular complexity index is 1200. The van der Waals surface area contributed by atoms with Crippen molar-refractivity contribution >= 4 is 22.3 Å². The molecule has 1 fully saturated rings. The molecule has 2 aliphatic heterocycles. The van der Waals surface area contributed by atoms with Gasteiger partial charge in [0.25, 0.3) is 0 Å². The van der Waals surface area contributed by atoms with Gasteiger partial charge in [-0.2, -0.15) is 0 Å². The van der Waals surface area contributed by atoms with Crippen LogP contribution in [0.5, 0.6) is 11.5 Å². The number of hydrogen-bond donors (Lipinski definition) is 1. The Morgan fingerprint density at radius 3 is 2.49 bits per heavy atom. The van der Waals surface area contributed by atoms with Crippen molar-refractivity contribution in [3.05, 3.63) is 54.2 Å². The van der Waals surface area contributed by atoms with Gasteiger partial charge in [0.15, 0.2) is 0 Å². The fourth-order valence-electron chi connectivity index (χ4n) is 5.47. The maximum Gasteiger partial charge on any atom is 0.134 e. The van der Waals surface area contributed by atoms with Crippen LogP contribution >= 0.6 is 0 Å². The molecule has 0 spiro atoms. The van der Waals surface area contributed by atoms with Crippen LogP contribution in [0, 0.1) is 0 Å². The molecule has 2 aromatic carbocycles. The first kappa shape index (κ1) is 27.5. The molecule has 0 aliphatic carbocycles. The van der Waals surface area contributed by atoms with E-state index < -0.39 is 0 Å². The molecular formula is C32H44N4O3. The van der Waals surface area contributed by atoms with Gasteiger partial charge in [0, 0.05) is 48.4 Å². The summed E-state index contributed by atoms with van der Waals surface area (Å²) in [4.78, 5) is 9.59. The highest BCUT2D eigenvalue weighted by molar-refractivity contribution is 5.98. The summed E-state index contributed by atoms with van der Waals surface area (Å²) >= 11 is 0. The molecule has 3 heterocycles. The molecule has 5 rings (SSSR count). The predicted molar refractivity (Wildman–Crippen MR) is 159 cm³/mol. The van der Waals surface area contributed by atoms with Gasteiger partial charge >= 0.3 is 0 Å². The Balaban J connectivity index is 1.44. The van der Waals surface area contributed by atoms with Crippen molar-refractivity contribution in [1.82, 2.24) is 9.88 Å². The Morgan fingerprint density at radius 1 is 0.795 bits per heavy atom. The molecule has 39 heavy (non-hydrogen) atoms. The van der Waals surface area contributed by atoms with Gasteiger partial charge < -0.3 is 29.3 Å². The fourth-order valence-corrected chi connectivity index (χ4v) is 5.47. The van der Waals surface area contributed by atoms with Crippen molar-refractivity contribution in [2.24, 2.45) is 0 Å². The minimum Gasteiger partial charge on any atom is -0.494 e. The number of nitrogens with one attached hydrogen (secondary N) is 1. The van der Waals surface area contributed by atoms with Gasteiger partial charge in [-0.05, 0) is 69.6 Å². The molecule has 0 radical (unpaired) electrons. The maximum atomic E-state index is 6.46. The van der Waals surface area contributed by atoms with E-state index in [1.165, 1.54) is 36.9 Å². The molecule has 1 N–H and O–H groups in total. The molecule has 0 unspecified atom stereocenters. The van der Waals surface area contributed by atoms with Crippen LogP contribution in [0.4, 0.5) is 11.5 Å². The Hall–Kier alpha value is -3.03. The Morgan fingerprint density at radius 2 is 1.59 bits per heavy atom. The smallest absolute Gasteiger partial charge is 0.134 e. The van der Waals surface area contributed by atoms with E-state index in [4.69, 9.17) is 19.2 Å². The average molecular weight is 533 g/mol. The molecule has 1 atom stereocenters. The first-order valence-corrected chi connectivity index (χ1v) is 14.7. The van der Waals surface area contributed by atoms with Crippen molar-refractivity contribution in [2.75, 3.05) is 69.9 Å². The number of morpholine rings is 1. The molecule has 0 saturated carbocycles. The molecule has 6 bridgehead atoms. The number of hydrogen-bond acceptors (Lipinski definition) is 7. The van der Waals surface area contributed by atoms with E-state index in [-0.39, 0.29) is 6.04 Å². The van der Waals surface area contributed by atoms with E-state index in [1.54, 1.807) is 0 Å². The molecule has 0 amide bonds. The number of pyridine rings is 1. The van der Waals surface area contributed by atoms with E-state index in [9.17, 15) is 0 Å². The molecule has 1 aromatic heterocycles. The van der Waals surface area contributed by atoms with Crippen molar-refractivity contribution in [3.63, 3.8) is 0 Å². The quantitative estimate of drug-likeness (QED) is 0.395. The van der Waals surface area contributed by atoms with E-state index in [1.807, 2.05) is 12.3 Å². The number of rotatable bonds is 1. The summed E-state index contributed by atoms with van der Waals surface area (Å²) in [7, 11) is 2.22. The number of nitrogens with zero attached hydrogens (tertiary/aromatic N) is 3. The minimum atomic E-state index is 0.0621. The Labute approximate surface area is 233 Å². The van der Waals surface area contributed by atoms with E-state index in [2.05, 4.69) is 65.5 Å². The largest absolute Gasteiger partial charge is 0.494 e. The zero-order valence-corrected chi connectivity index (χ0v) is 23.7. The minimum absolute atomic E-state index is 0.0621. The van der Waals surface area contributed by atoms with E-state index >= 15 is 0 Å². The SMILES string of the molecule is C[C@H]1Nc2nccc3c(cc(N4CCOCC4)cc23)OCCCCCCCN(C)CCCOc2cccc1c2. The summed E-state index contributed by atoms with van der Waals surface area (Å²) in [5.74, 6) is 2.73. The summed E-state index contributed by atoms with van der Waals surface area (Å²) in [6.45, 7) is 9.10. The molecular weight excluding hydrogens is 488 g/mol. The normalized spacial score (nSPS) is 20.8. The topological polar surface area (TPSA) is 59.1 Å². The predicted octanol–water partition coefficient (Wildman–Crippen LogP) is 6.29. The highest BCUT2D eigenvalue weighted by Gasteiger charge is 2.18. The zero-order chi connectivity index (χ0) is 26.9. The number of fused-ring (bicyclic) bond motifs is 2. The van der Waals surface area contributed by atoms with Crippen LogP contribution in [-0.2, 0) is 4.74 Å². The molecule has 2 aliphatic rings. The van der Waals surface area contributed by atoms with Crippen LogP contribution in [0.15, 0.2) is 48.7 Å². The van der Waals surface area contributed by atoms with Crippen LogP contribution in [-0.4, -0.2) is 69.5 Å². The fraction of sp³-hybridized carbons (Fsp3) is 0.531. The van der Waals surface area contributed by atoms with Crippen molar-refractivity contribution in [3.8, 4) is 11.5 Å². The van der Waals surface area contributed by atoms with Crippen LogP contribution in [0.25, 0.3) is 10.8 Å². The van der Waals surface area contributed by atoms with Crippen LogP contribution in [0.3, 0.4) is 0 Å². The second-order valence-electron chi connectivity index (χ2n) is 10.9. The van der Waals surface area contributed by atoms with Gasteiger partial charge in [-0.15, -0.1) is 0 Å².